The second-order valence-corrected chi connectivity index (χ2v) is 23.8. The molecule has 0 N–H and O–H groups in total. The molecule has 8 heteroatoms. The van der Waals surface area contributed by atoms with E-state index in [4.69, 9.17) is 28.4 Å². The number of hydrogen-bond donors (Lipinski definition) is 0. The fourth-order valence-electron chi connectivity index (χ4n) is 4.27. The van der Waals surface area contributed by atoms with E-state index >= 15 is 0 Å². The Morgan fingerprint density at radius 2 is 0.701 bits per heavy atom. The maximum Gasteiger partial charge on any atom is 0.0857 e. The van der Waals surface area contributed by atoms with Crippen molar-refractivity contribution in [2.75, 3.05) is 93.1 Å². The van der Waals surface area contributed by atoms with Gasteiger partial charge in [-0.2, -0.15) is 0 Å². The molecule has 0 saturated heterocycles. The van der Waals surface area contributed by atoms with Gasteiger partial charge in [-0.15, -0.1) is 0 Å². The van der Waals surface area contributed by atoms with Crippen LogP contribution in [0.2, 0.25) is 0 Å². The summed E-state index contributed by atoms with van der Waals surface area (Å²) in [5.74, 6) is 2.55. The Hall–Kier alpha value is -0.320. The highest BCUT2D eigenvalue weighted by Crippen LogP contribution is 2.25. The molecule has 418 valence electrons. The molecule has 0 aromatic heterocycles. The summed E-state index contributed by atoms with van der Waals surface area (Å²) >= 11 is 0. The number of hydrogen-bond acceptors (Lipinski definition) is 8. The van der Waals surface area contributed by atoms with Gasteiger partial charge in [0.1, 0.15) is 0 Å². The molecule has 0 spiro atoms. The number of ether oxygens (including phenoxy) is 6. The van der Waals surface area contributed by atoms with Crippen molar-refractivity contribution in [3.8, 4) is 0 Å². The van der Waals surface area contributed by atoms with Crippen LogP contribution < -0.4 is 0 Å². The molecule has 0 fully saturated rings. The quantitative estimate of drug-likeness (QED) is 0.0839. The Morgan fingerprint density at radius 3 is 0.925 bits per heavy atom. The van der Waals surface area contributed by atoms with E-state index in [0.29, 0.717) is 51.0 Å². The summed E-state index contributed by atoms with van der Waals surface area (Å²) in [5, 5.41) is 0. The minimum Gasteiger partial charge on any atom is -0.379 e. The van der Waals surface area contributed by atoms with Gasteiger partial charge in [0.25, 0.3) is 0 Å². The van der Waals surface area contributed by atoms with Gasteiger partial charge in [0.05, 0.1) is 63.1 Å². The van der Waals surface area contributed by atoms with E-state index in [1.807, 2.05) is 0 Å². The van der Waals surface area contributed by atoms with E-state index in [9.17, 15) is 0 Å². The van der Waals surface area contributed by atoms with E-state index in [1.165, 1.54) is 25.7 Å². The molecule has 0 radical (unpaired) electrons. The topological polar surface area (TPSA) is 61.9 Å². The Labute approximate surface area is 427 Å². The minimum absolute atomic E-state index is 0. The van der Waals surface area contributed by atoms with Crippen LogP contribution in [0.4, 0.5) is 0 Å². The highest BCUT2D eigenvalue weighted by molar-refractivity contribution is 4.76. The Morgan fingerprint density at radius 1 is 0.403 bits per heavy atom. The molecule has 2 unspecified atom stereocenters. The van der Waals surface area contributed by atoms with Crippen LogP contribution >= 0.6 is 0 Å². The van der Waals surface area contributed by atoms with Crippen LogP contribution in [0.5, 0.6) is 0 Å². The molecule has 0 bridgehead atoms. The zero-order valence-electron chi connectivity index (χ0n) is 50.5. The van der Waals surface area contributed by atoms with Crippen molar-refractivity contribution in [2.45, 2.75) is 264 Å². The van der Waals surface area contributed by atoms with Crippen LogP contribution in [0, 0.1) is 34.0 Å². The molecule has 0 rings (SSSR count). The summed E-state index contributed by atoms with van der Waals surface area (Å²) in [4.78, 5) is 4.50. The maximum absolute atomic E-state index is 6.00. The second kappa shape index (κ2) is 49.3. The van der Waals surface area contributed by atoms with Crippen molar-refractivity contribution in [3.05, 3.63) is 0 Å². The van der Waals surface area contributed by atoms with Gasteiger partial charge in [0.15, 0.2) is 0 Å². The van der Waals surface area contributed by atoms with Crippen LogP contribution in [-0.2, 0) is 28.4 Å². The van der Waals surface area contributed by atoms with Crippen LogP contribution in [-0.4, -0.2) is 126 Å². The Balaban J connectivity index is -0.000000115. The molecule has 0 aliphatic carbocycles. The fraction of sp³-hybridized carbons (Fsp3) is 1.00. The monoisotopic (exact) mass is 969 g/mol. The first-order valence-corrected chi connectivity index (χ1v) is 26.6. The van der Waals surface area contributed by atoms with Crippen molar-refractivity contribution < 1.29 is 28.4 Å². The molecule has 0 amide bonds. The molecule has 0 saturated carbocycles. The van der Waals surface area contributed by atoms with Gasteiger partial charge in [0, 0.05) is 13.2 Å². The molecule has 8 nitrogen and oxygen atoms in total. The first-order valence-electron chi connectivity index (χ1n) is 26.6. The molecular formula is C59H136N2O6. The highest BCUT2D eigenvalue weighted by Gasteiger charge is 2.27. The number of nitrogens with zero attached hydrogens (tertiary/aromatic N) is 2. The smallest absolute Gasteiger partial charge is 0.0857 e. The predicted molar refractivity (Wildman–Crippen MR) is 306 cm³/mol. The van der Waals surface area contributed by atoms with Crippen LogP contribution in [0.25, 0.3) is 0 Å². The summed E-state index contributed by atoms with van der Waals surface area (Å²) in [5.41, 5.74) is 0.286. The summed E-state index contributed by atoms with van der Waals surface area (Å²) in [6.45, 7) is 68.8. The molecule has 0 aliphatic rings. The second-order valence-electron chi connectivity index (χ2n) is 23.8. The minimum atomic E-state index is -0.107. The fourth-order valence-corrected chi connectivity index (χ4v) is 4.27. The van der Waals surface area contributed by atoms with Gasteiger partial charge in [-0.25, -0.2) is 0 Å². The zero-order chi connectivity index (χ0) is 52.5. The molecule has 0 aromatic carbocycles. The van der Waals surface area contributed by atoms with Crippen molar-refractivity contribution >= 4 is 0 Å². The summed E-state index contributed by atoms with van der Waals surface area (Å²) in [7, 11) is 4.22. The van der Waals surface area contributed by atoms with E-state index in [-0.39, 0.29) is 49.1 Å². The van der Waals surface area contributed by atoms with Gasteiger partial charge in [-0.05, 0) is 129 Å². The van der Waals surface area contributed by atoms with E-state index in [0.717, 1.165) is 64.1 Å². The standard InChI is InChI=1S/C18H38O3.C17H36O3.2C6H14.2C5H13N.2CH4/c1-16(2,3)10-11-19-14-15(17(4,5)6)20-12-13-21-18(7,8)9;1-14(2)9-10-19-15(16(3,4)5)13-18-11-12-20-17(6,7)8;4*1-4-6(3)5-2;;/h15H,10-14H2,1-9H3;14-15H,9-13H2,1-8H3;2*6H,4-5H2,1-3H3;2*4-5H2,1-3H3;2*1H4. The summed E-state index contributed by atoms with van der Waals surface area (Å²) < 4.78 is 34.9. The van der Waals surface area contributed by atoms with Crippen LogP contribution in [0.1, 0.15) is 240 Å². The first-order chi connectivity index (χ1) is 29.6. The first kappa shape index (κ1) is 83.5. The third kappa shape index (κ3) is 77.3. The lowest BCUT2D eigenvalue weighted by Gasteiger charge is -2.31. The van der Waals surface area contributed by atoms with Gasteiger partial charge in [0.2, 0.25) is 0 Å². The maximum atomic E-state index is 6.00. The van der Waals surface area contributed by atoms with Gasteiger partial charge in [-0.3, -0.25) is 0 Å². The molecular weight excluding hydrogens is 833 g/mol. The van der Waals surface area contributed by atoms with Crippen LogP contribution in [0.15, 0.2) is 0 Å². The predicted octanol–water partition coefficient (Wildman–Crippen LogP) is 17.1. The average Bonchev–Trinajstić information content (AvgIpc) is 3.19. The lowest BCUT2D eigenvalue weighted by Crippen LogP contribution is -2.35. The Kier molecular flexibility index (Phi) is 61.4. The molecule has 0 heterocycles. The zero-order valence-corrected chi connectivity index (χ0v) is 50.5. The van der Waals surface area contributed by atoms with E-state index < -0.39 is 0 Å². The summed E-state index contributed by atoms with van der Waals surface area (Å²) in [6.07, 6.45) is 7.72. The normalized spacial score (nSPS) is 12.8. The average molecular weight is 970 g/mol. The van der Waals surface area contributed by atoms with Gasteiger partial charge >= 0.3 is 0 Å². The lowest BCUT2D eigenvalue weighted by atomic mass is 9.89. The summed E-state index contributed by atoms with van der Waals surface area (Å²) in [6, 6.07) is 0. The highest BCUT2D eigenvalue weighted by atomic mass is 16.6. The lowest BCUT2D eigenvalue weighted by molar-refractivity contribution is -0.101. The molecule has 0 aliphatic heterocycles. The SMILES string of the molecule is C.C.CC(C)(C)CCOCC(OCCOC(C)(C)C)C(C)(C)C.CC(C)CCOC(COCCOC(C)(C)C)C(C)(C)C.CCC(C)CC.CCC(C)CC.CCN(C)CC.CCN(C)CC. The van der Waals surface area contributed by atoms with Crippen molar-refractivity contribution in [1.82, 2.24) is 9.80 Å². The van der Waals surface area contributed by atoms with Gasteiger partial charge in [-0.1, -0.05) is 186 Å². The van der Waals surface area contributed by atoms with E-state index in [2.05, 4.69) is 211 Å². The molecule has 2 atom stereocenters. The van der Waals surface area contributed by atoms with Gasteiger partial charge < -0.3 is 38.2 Å². The number of rotatable bonds is 25. The van der Waals surface area contributed by atoms with Crippen LogP contribution in [0.3, 0.4) is 0 Å². The third-order valence-electron chi connectivity index (χ3n) is 11.1. The third-order valence-corrected chi connectivity index (χ3v) is 11.1. The largest absolute Gasteiger partial charge is 0.379 e. The Bertz CT molecular complexity index is 849. The van der Waals surface area contributed by atoms with Crippen molar-refractivity contribution in [1.29, 1.82) is 0 Å². The molecule has 0 aromatic rings. The van der Waals surface area contributed by atoms with Crippen molar-refractivity contribution in [2.24, 2.45) is 34.0 Å². The van der Waals surface area contributed by atoms with E-state index in [1.54, 1.807) is 0 Å². The molecule has 67 heavy (non-hydrogen) atoms. The van der Waals surface area contributed by atoms with Crippen molar-refractivity contribution in [3.63, 3.8) is 0 Å².